The van der Waals surface area contributed by atoms with Gasteiger partial charge < -0.3 is 10.4 Å². The van der Waals surface area contributed by atoms with Gasteiger partial charge in [-0.3, -0.25) is 4.79 Å². The lowest BCUT2D eigenvalue weighted by Crippen LogP contribution is -2.39. The molecule has 0 heterocycles. The Morgan fingerprint density at radius 3 is 2.60 bits per heavy atom. The van der Waals surface area contributed by atoms with Crippen LogP contribution in [0.5, 0.6) is 0 Å². The summed E-state index contributed by atoms with van der Waals surface area (Å²) < 4.78 is 0. The van der Waals surface area contributed by atoms with Crippen molar-refractivity contribution in [1.82, 2.24) is 5.32 Å². The molecule has 15 heavy (non-hydrogen) atoms. The number of thioether (sulfide) groups is 1. The first kappa shape index (κ1) is 14.8. The maximum atomic E-state index is 11.5. The van der Waals surface area contributed by atoms with Gasteiger partial charge >= 0.3 is 0 Å². The van der Waals surface area contributed by atoms with E-state index in [0.717, 1.165) is 12.2 Å². The van der Waals surface area contributed by atoms with Crippen molar-refractivity contribution in [3.63, 3.8) is 0 Å². The maximum Gasteiger partial charge on any atom is 0.220 e. The van der Waals surface area contributed by atoms with Gasteiger partial charge in [0, 0.05) is 19.1 Å². The molecule has 0 aliphatic rings. The second-order valence-corrected chi connectivity index (χ2v) is 5.01. The molecule has 90 valence electrons. The van der Waals surface area contributed by atoms with Gasteiger partial charge in [-0.05, 0) is 30.8 Å². The van der Waals surface area contributed by atoms with Crippen LogP contribution in [-0.4, -0.2) is 35.7 Å². The second kappa shape index (κ2) is 9.04. The van der Waals surface area contributed by atoms with Crippen molar-refractivity contribution < 1.29 is 9.90 Å². The number of carbonyl (C=O) groups is 1. The van der Waals surface area contributed by atoms with E-state index in [1.165, 1.54) is 0 Å². The van der Waals surface area contributed by atoms with E-state index in [-0.39, 0.29) is 18.6 Å². The first-order valence-electron chi connectivity index (χ1n) is 5.51. The number of hydrogen-bond donors (Lipinski definition) is 2. The van der Waals surface area contributed by atoms with E-state index in [9.17, 15) is 4.79 Å². The molecule has 0 radical (unpaired) electrons. The molecule has 4 heteroatoms. The summed E-state index contributed by atoms with van der Waals surface area (Å²) in [6.07, 6.45) is 4.21. The van der Waals surface area contributed by atoms with Gasteiger partial charge in [-0.2, -0.15) is 11.8 Å². The molecule has 1 atom stereocenters. The van der Waals surface area contributed by atoms with Crippen LogP contribution in [-0.2, 0) is 4.79 Å². The zero-order valence-electron chi connectivity index (χ0n) is 9.95. The van der Waals surface area contributed by atoms with Crippen molar-refractivity contribution >= 4 is 17.7 Å². The summed E-state index contributed by atoms with van der Waals surface area (Å²) in [5, 5.41) is 11.8. The van der Waals surface area contributed by atoms with Crippen LogP contribution < -0.4 is 5.32 Å². The van der Waals surface area contributed by atoms with Crippen molar-refractivity contribution in [2.24, 2.45) is 5.92 Å². The summed E-state index contributed by atoms with van der Waals surface area (Å²) in [5.74, 6) is 1.51. The molecule has 0 aliphatic carbocycles. The average molecular weight is 233 g/mol. The minimum atomic E-state index is 0.108. The smallest absolute Gasteiger partial charge is 0.220 e. The van der Waals surface area contributed by atoms with Crippen LogP contribution in [0.25, 0.3) is 0 Å². The van der Waals surface area contributed by atoms with Gasteiger partial charge in [0.05, 0.1) is 0 Å². The van der Waals surface area contributed by atoms with E-state index < -0.39 is 0 Å². The van der Waals surface area contributed by atoms with Crippen molar-refractivity contribution in [1.29, 1.82) is 0 Å². The zero-order chi connectivity index (χ0) is 11.7. The van der Waals surface area contributed by atoms with Gasteiger partial charge in [0.25, 0.3) is 0 Å². The largest absolute Gasteiger partial charge is 0.396 e. The fourth-order valence-electron chi connectivity index (χ4n) is 1.37. The maximum absolute atomic E-state index is 11.5. The van der Waals surface area contributed by atoms with Gasteiger partial charge in [0.1, 0.15) is 0 Å². The molecule has 0 aromatic carbocycles. The number of nitrogens with one attached hydrogen (secondary N) is 1. The molecule has 0 spiro atoms. The molecule has 0 aromatic rings. The van der Waals surface area contributed by atoms with Crippen LogP contribution >= 0.6 is 11.8 Å². The Morgan fingerprint density at radius 2 is 2.13 bits per heavy atom. The number of amides is 1. The normalized spacial score (nSPS) is 12.9. The third-order valence-electron chi connectivity index (χ3n) is 2.34. The third-order valence-corrected chi connectivity index (χ3v) is 3.04. The highest BCUT2D eigenvalue weighted by molar-refractivity contribution is 7.98. The fraction of sp³-hybridized carbons (Fsp3) is 0.909. The molecule has 1 unspecified atom stereocenters. The highest BCUT2D eigenvalue weighted by atomic mass is 32.2. The first-order chi connectivity index (χ1) is 7.11. The van der Waals surface area contributed by atoms with E-state index >= 15 is 0 Å². The summed E-state index contributed by atoms with van der Waals surface area (Å²) in [6, 6.07) is 0.108. The van der Waals surface area contributed by atoms with Gasteiger partial charge in [-0.1, -0.05) is 13.8 Å². The Kier molecular flexibility index (Phi) is 8.91. The van der Waals surface area contributed by atoms with Gasteiger partial charge in [0.15, 0.2) is 0 Å². The highest BCUT2D eigenvalue weighted by Crippen LogP contribution is 2.06. The lowest BCUT2D eigenvalue weighted by molar-refractivity contribution is -0.122. The molecule has 0 bridgehead atoms. The number of hydrogen-bond acceptors (Lipinski definition) is 3. The Bertz CT molecular complexity index is 174. The Morgan fingerprint density at radius 1 is 1.47 bits per heavy atom. The Hall–Kier alpha value is -0.220. The molecular weight excluding hydrogens is 210 g/mol. The summed E-state index contributed by atoms with van der Waals surface area (Å²) in [4.78, 5) is 11.5. The fourth-order valence-corrected chi connectivity index (χ4v) is 1.80. The van der Waals surface area contributed by atoms with Crippen molar-refractivity contribution in [3.8, 4) is 0 Å². The Balaban J connectivity index is 3.78. The topological polar surface area (TPSA) is 49.3 Å². The molecular formula is C11H23NO2S. The summed E-state index contributed by atoms with van der Waals surface area (Å²) in [5.41, 5.74) is 0. The number of carbonyl (C=O) groups excluding carboxylic acids is 1. The van der Waals surface area contributed by atoms with E-state index in [1.54, 1.807) is 11.8 Å². The Labute approximate surface area is 97.0 Å². The predicted molar refractivity (Wildman–Crippen MR) is 66.1 cm³/mol. The van der Waals surface area contributed by atoms with Crippen LogP contribution in [0.15, 0.2) is 0 Å². The minimum absolute atomic E-state index is 0.108. The number of aliphatic hydroxyl groups excluding tert-OH is 1. The van der Waals surface area contributed by atoms with E-state index in [0.29, 0.717) is 18.8 Å². The van der Waals surface area contributed by atoms with Crippen molar-refractivity contribution in [2.75, 3.05) is 18.6 Å². The van der Waals surface area contributed by atoms with Crippen LogP contribution in [0.2, 0.25) is 0 Å². The lowest BCUT2D eigenvalue weighted by Gasteiger charge is -2.21. The van der Waals surface area contributed by atoms with Crippen molar-refractivity contribution in [3.05, 3.63) is 0 Å². The van der Waals surface area contributed by atoms with Crippen LogP contribution in [0, 0.1) is 5.92 Å². The van der Waals surface area contributed by atoms with Crippen LogP contribution in [0.3, 0.4) is 0 Å². The molecule has 1 amide bonds. The molecule has 0 fully saturated rings. The standard InChI is InChI=1S/C11H23NO2S/c1-9(2)10(6-7-13)12-11(14)5-4-8-15-3/h9-10,13H,4-8H2,1-3H3,(H,12,14). The zero-order valence-corrected chi connectivity index (χ0v) is 10.8. The monoisotopic (exact) mass is 233 g/mol. The summed E-state index contributed by atoms with van der Waals surface area (Å²) in [7, 11) is 0. The number of aliphatic hydroxyl groups is 1. The molecule has 0 saturated carbocycles. The average Bonchev–Trinajstić information content (AvgIpc) is 2.17. The third kappa shape index (κ3) is 7.68. The molecule has 3 nitrogen and oxygen atoms in total. The van der Waals surface area contributed by atoms with Gasteiger partial charge in [-0.15, -0.1) is 0 Å². The molecule has 2 N–H and O–H groups in total. The lowest BCUT2D eigenvalue weighted by atomic mass is 10.0. The van der Waals surface area contributed by atoms with Crippen LogP contribution in [0.4, 0.5) is 0 Å². The van der Waals surface area contributed by atoms with E-state index in [4.69, 9.17) is 5.11 Å². The molecule has 0 aliphatic heterocycles. The number of rotatable bonds is 8. The predicted octanol–water partition coefficient (Wildman–Crippen LogP) is 1.65. The summed E-state index contributed by atoms with van der Waals surface area (Å²) in [6.45, 7) is 4.25. The quantitative estimate of drug-likeness (QED) is 0.627. The summed E-state index contributed by atoms with van der Waals surface area (Å²) >= 11 is 1.76. The van der Waals surface area contributed by atoms with E-state index in [1.807, 2.05) is 6.26 Å². The SMILES string of the molecule is CSCCCC(=O)NC(CCO)C(C)C. The molecule has 0 saturated heterocycles. The van der Waals surface area contributed by atoms with Gasteiger partial charge in [-0.25, -0.2) is 0 Å². The van der Waals surface area contributed by atoms with Gasteiger partial charge in [0.2, 0.25) is 5.91 Å². The highest BCUT2D eigenvalue weighted by Gasteiger charge is 2.14. The molecule has 0 aromatic heterocycles. The minimum Gasteiger partial charge on any atom is -0.396 e. The second-order valence-electron chi connectivity index (χ2n) is 4.03. The van der Waals surface area contributed by atoms with E-state index in [2.05, 4.69) is 19.2 Å². The van der Waals surface area contributed by atoms with Crippen molar-refractivity contribution in [2.45, 2.75) is 39.2 Å². The molecule has 0 rings (SSSR count). The first-order valence-corrected chi connectivity index (χ1v) is 6.90. The van der Waals surface area contributed by atoms with Crippen LogP contribution in [0.1, 0.15) is 33.1 Å².